The summed E-state index contributed by atoms with van der Waals surface area (Å²) in [5.74, 6) is 1.29. The van der Waals surface area contributed by atoms with Gasteiger partial charge in [-0.2, -0.15) is 5.11 Å². The molecule has 0 saturated carbocycles. The summed E-state index contributed by atoms with van der Waals surface area (Å²) >= 11 is 1.39. The maximum absolute atomic E-state index is 12.3. The Hall–Kier alpha value is -2.02. The van der Waals surface area contributed by atoms with Crippen LogP contribution >= 0.6 is 11.8 Å². The SMILES string of the molecule is C=C(SCC(=O)N1CCCCC1)N(/N=N\C)c1ccc(OC)cc1. The number of likely N-dealkylation sites (tertiary alicyclic amines) is 1. The average Bonchev–Trinajstić information content (AvgIpc) is 2.64. The van der Waals surface area contributed by atoms with Crippen LogP contribution in [-0.2, 0) is 4.79 Å². The molecule has 0 radical (unpaired) electrons. The molecule has 6 nitrogen and oxygen atoms in total. The van der Waals surface area contributed by atoms with Gasteiger partial charge in [0.1, 0.15) is 5.75 Å². The monoisotopic (exact) mass is 348 g/mol. The molecule has 24 heavy (non-hydrogen) atoms. The lowest BCUT2D eigenvalue weighted by Gasteiger charge is -2.27. The van der Waals surface area contributed by atoms with Crippen molar-refractivity contribution in [3.8, 4) is 5.75 Å². The van der Waals surface area contributed by atoms with Crippen molar-refractivity contribution in [1.82, 2.24) is 4.90 Å². The number of rotatable bonds is 7. The number of ether oxygens (including phenoxy) is 1. The highest BCUT2D eigenvalue weighted by atomic mass is 32.2. The van der Waals surface area contributed by atoms with Gasteiger partial charge in [0.2, 0.25) is 5.91 Å². The Morgan fingerprint density at radius 2 is 1.96 bits per heavy atom. The molecule has 130 valence electrons. The number of carbonyl (C=O) groups excluding carboxylic acids is 1. The van der Waals surface area contributed by atoms with Gasteiger partial charge in [-0.3, -0.25) is 4.79 Å². The van der Waals surface area contributed by atoms with Gasteiger partial charge in [-0.25, -0.2) is 5.01 Å². The van der Waals surface area contributed by atoms with Crippen LogP contribution in [-0.4, -0.2) is 43.8 Å². The smallest absolute Gasteiger partial charge is 0.232 e. The van der Waals surface area contributed by atoms with Crippen LogP contribution < -0.4 is 9.75 Å². The lowest BCUT2D eigenvalue weighted by atomic mass is 10.1. The zero-order valence-corrected chi connectivity index (χ0v) is 15.1. The fourth-order valence-corrected chi connectivity index (χ4v) is 3.24. The van der Waals surface area contributed by atoms with Crippen LogP contribution in [0.15, 0.2) is 46.2 Å². The second-order valence-electron chi connectivity index (χ2n) is 5.42. The molecule has 0 spiro atoms. The first-order valence-electron chi connectivity index (χ1n) is 7.99. The van der Waals surface area contributed by atoms with E-state index in [0.717, 1.165) is 37.4 Å². The molecule has 1 amide bonds. The largest absolute Gasteiger partial charge is 0.497 e. The summed E-state index contributed by atoms with van der Waals surface area (Å²) in [5, 5.41) is 10.3. The number of hydrogen-bond acceptors (Lipinski definition) is 5. The summed E-state index contributed by atoms with van der Waals surface area (Å²) in [6.45, 7) is 5.77. The quantitative estimate of drug-likeness (QED) is 0.557. The van der Waals surface area contributed by atoms with Crippen LogP contribution in [0.1, 0.15) is 19.3 Å². The fraction of sp³-hybridized carbons (Fsp3) is 0.471. The summed E-state index contributed by atoms with van der Waals surface area (Å²) in [6, 6.07) is 7.46. The van der Waals surface area contributed by atoms with Gasteiger partial charge in [-0.1, -0.05) is 23.6 Å². The Kier molecular flexibility index (Phi) is 7.11. The third-order valence-electron chi connectivity index (χ3n) is 3.80. The highest BCUT2D eigenvalue weighted by molar-refractivity contribution is 8.03. The minimum atomic E-state index is 0.156. The van der Waals surface area contributed by atoms with E-state index in [4.69, 9.17) is 4.74 Å². The van der Waals surface area contributed by atoms with Crippen LogP contribution in [0.3, 0.4) is 0 Å². The fourth-order valence-electron chi connectivity index (χ4n) is 2.50. The Morgan fingerprint density at radius 1 is 1.29 bits per heavy atom. The van der Waals surface area contributed by atoms with Gasteiger partial charge >= 0.3 is 0 Å². The van der Waals surface area contributed by atoms with Crippen molar-refractivity contribution in [3.63, 3.8) is 0 Å². The van der Waals surface area contributed by atoms with Crippen LogP contribution in [0.5, 0.6) is 5.75 Å². The first-order valence-corrected chi connectivity index (χ1v) is 8.97. The van der Waals surface area contributed by atoms with Gasteiger partial charge < -0.3 is 9.64 Å². The number of hydrogen-bond donors (Lipinski definition) is 0. The molecule has 0 aliphatic carbocycles. The van der Waals surface area contributed by atoms with Crippen molar-refractivity contribution in [2.45, 2.75) is 19.3 Å². The molecule has 0 bridgehead atoms. The zero-order chi connectivity index (χ0) is 17.4. The third-order valence-corrected chi connectivity index (χ3v) is 4.70. The molecule has 0 aromatic heterocycles. The molecule has 1 aromatic rings. The molecule has 1 heterocycles. The summed E-state index contributed by atoms with van der Waals surface area (Å²) < 4.78 is 5.17. The standard InChI is InChI=1S/C17H24N4O2S/c1-14(24-13-17(22)20-11-5-4-6-12-20)21(19-18-2)15-7-9-16(23-3)10-8-15/h7-10H,1,4-6,11-13H2,2-3H3/b19-18-. The Balaban J connectivity index is 1.96. The second kappa shape index (κ2) is 9.32. The van der Waals surface area contributed by atoms with Crippen molar-refractivity contribution in [3.05, 3.63) is 35.9 Å². The zero-order valence-electron chi connectivity index (χ0n) is 14.3. The predicted molar refractivity (Wildman–Crippen MR) is 98.3 cm³/mol. The summed E-state index contributed by atoms with van der Waals surface area (Å²) in [5.41, 5.74) is 0.823. The van der Waals surface area contributed by atoms with Crippen LogP contribution in [0.4, 0.5) is 5.69 Å². The predicted octanol–water partition coefficient (Wildman–Crippen LogP) is 3.72. The third kappa shape index (κ3) is 4.99. The van der Waals surface area contributed by atoms with Crippen LogP contribution in [0, 0.1) is 0 Å². The lowest BCUT2D eigenvalue weighted by molar-refractivity contribution is -0.129. The van der Waals surface area contributed by atoms with Gasteiger partial charge in [0.15, 0.2) is 0 Å². The molecule has 1 aromatic carbocycles. The number of piperidine rings is 1. The topological polar surface area (TPSA) is 57.5 Å². The van der Waals surface area contributed by atoms with Crippen molar-refractivity contribution < 1.29 is 9.53 Å². The number of anilines is 1. The van der Waals surface area contributed by atoms with E-state index in [2.05, 4.69) is 16.9 Å². The van der Waals surface area contributed by atoms with E-state index < -0.39 is 0 Å². The molecular formula is C17H24N4O2S. The van der Waals surface area contributed by atoms with Crippen molar-refractivity contribution in [1.29, 1.82) is 0 Å². The molecule has 2 rings (SSSR count). The van der Waals surface area contributed by atoms with Gasteiger partial charge in [0.05, 0.1) is 30.6 Å². The normalized spacial score (nSPS) is 14.7. The number of amides is 1. The Labute approximate surface area is 147 Å². The molecule has 0 N–H and O–H groups in total. The van der Waals surface area contributed by atoms with Crippen LogP contribution in [0.25, 0.3) is 0 Å². The van der Waals surface area contributed by atoms with Gasteiger partial charge in [0, 0.05) is 13.1 Å². The van der Waals surface area contributed by atoms with Crippen molar-refractivity contribution in [2.75, 3.05) is 38.0 Å². The molecule has 1 saturated heterocycles. The van der Waals surface area contributed by atoms with E-state index in [1.807, 2.05) is 29.2 Å². The number of methoxy groups -OCH3 is 1. The molecule has 1 aliphatic heterocycles. The van der Waals surface area contributed by atoms with Crippen molar-refractivity contribution in [2.24, 2.45) is 10.3 Å². The summed E-state index contributed by atoms with van der Waals surface area (Å²) in [7, 11) is 3.23. The second-order valence-corrected chi connectivity index (χ2v) is 6.47. The maximum atomic E-state index is 12.3. The number of benzene rings is 1. The average molecular weight is 348 g/mol. The minimum absolute atomic E-state index is 0.156. The van der Waals surface area contributed by atoms with Gasteiger partial charge in [0.25, 0.3) is 0 Å². The van der Waals surface area contributed by atoms with E-state index in [9.17, 15) is 4.79 Å². The number of thioether (sulfide) groups is 1. The Bertz CT molecular complexity index is 583. The van der Waals surface area contributed by atoms with E-state index in [1.165, 1.54) is 18.2 Å². The number of carbonyl (C=O) groups is 1. The van der Waals surface area contributed by atoms with E-state index in [-0.39, 0.29) is 5.91 Å². The summed E-state index contributed by atoms with van der Waals surface area (Å²) in [6.07, 6.45) is 3.41. The minimum Gasteiger partial charge on any atom is -0.497 e. The molecule has 7 heteroatoms. The first kappa shape index (κ1) is 18.3. The maximum Gasteiger partial charge on any atom is 0.232 e. The molecule has 1 fully saturated rings. The molecular weight excluding hydrogens is 324 g/mol. The van der Waals surface area contributed by atoms with E-state index in [1.54, 1.807) is 19.2 Å². The molecule has 1 aliphatic rings. The highest BCUT2D eigenvalue weighted by Crippen LogP contribution is 2.28. The van der Waals surface area contributed by atoms with E-state index >= 15 is 0 Å². The first-order chi connectivity index (χ1) is 11.7. The number of nitrogens with zero attached hydrogens (tertiary/aromatic N) is 4. The van der Waals surface area contributed by atoms with Crippen molar-refractivity contribution >= 4 is 23.4 Å². The lowest BCUT2D eigenvalue weighted by Crippen LogP contribution is -2.36. The van der Waals surface area contributed by atoms with Crippen LogP contribution in [0.2, 0.25) is 0 Å². The summed E-state index contributed by atoms with van der Waals surface area (Å²) in [4.78, 5) is 14.2. The van der Waals surface area contributed by atoms with E-state index in [0.29, 0.717) is 10.8 Å². The van der Waals surface area contributed by atoms with Gasteiger partial charge in [-0.05, 0) is 43.5 Å². The molecule has 0 atom stereocenters. The molecule has 0 unspecified atom stereocenters. The highest BCUT2D eigenvalue weighted by Gasteiger charge is 2.18. The van der Waals surface area contributed by atoms with Gasteiger partial charge in [-0.15, -0.1) is 0 Å². The Morgan fingerprint density at radius 3 is 2.54 bits per heavy atom.